The molecule has 5 atom stereocenters. The van der Waals surface area contributed by atoms with Crippen molar-refractivity contribution in [3.8, 4) is 0 Å². The number of piperidine rings is 1. The first-order valence-electron chi connectivity index (χ1n) is 11.3. The molecule has 2 aliphatic rings. The Morgan fingerprint density at radius 2 is 1.61 bits per heavy atom. The minimum Gasteiger partial charge on any atom is -1.00 e. The van der Waals surface area contributed by atoms with E-state index in [9.17, 15) is 9.90 Å². The number of ether oxygens (including phenoxy) is 1. The van der Waals surface area contributed by atoms with E-state index in [1.54, 1.807) is 0 Å². The molecule has 2 saturated heterocycles. The first-order chi connectivity index (χ1) is 14.5. The second kappa shape index (κ2) is 10.3. The molecule has 2 aromatic carbocycles. The lowest BCUT2D eigenvalue weighted by Crippen LogP contribution is -3.00. The average molecular weight is 488 g/mol. The Hall–Kier alpha value is -1.69. The second-order valence-corrected chi connectivity index (χ2v) is 9.24. The molecule has 2 heterocycles. The highest BCUT2D eigenvalue weighted by atomic mass is 79.9. The lowest BCUT2D eigenvalue weighted by molar-refractivity contribution is -0.961. The van der Waals surface area contributed by atoms with Crippen LogP contribution in [-0.2, 0) is 22.5 Å². The number of aryl methyl sites for hydroxylation is 1. The highest BCUT2D eigenvalue weighted by Crippen LogP contribution is 2.43. The summed E-state index contributed by atoms with van der Waals surface area (Å²) in [5.74, 6) is -0.886. The van der Waals surface area contributed by atoms with Crippen molar-refractivity contribution in [2.75, 3.05) is 13.7 Å². The first-order valence-corrected chi connectivity index (χ1v) is 11.3. The van der Waals surface area contributed by atoms with Gasteiger partial charge in [0.1, 0.15) is 18.6 Å². The van der Waals surface area contributed by atoms with Crippen LogP contribution in [0.25, 0.3) is 0 Å². The molecular weight excluding hydrogens is 454 g/mol. The van der Waals surface area contributed by atoms with Gasteiger partial charge in [0.25, 0.3) is 0 Å². The predicted molar refractivity (Wildman–Crippen MR) is 118 cm³/mol. The van der Waals surface area contributed by atoms with E-state index in [2.05, 4.69) is 38.2 Å². The summed E-state index contributed by atoms with van der Waals surface area (Å²) in [6.07, 6.45) is 5.26. The number of rotatable bonds is 7. The Morgan fingerprint density at radius 1 is 1.03 bits per heavy atom. The Morgan fingerprint density at radius 3 is 2.16 bits per heavy atom. The SMILES string of the molecule is CCc1ccc(C[N+]2(C)[C@@H]3CC[C@H]2CC(OC(=O)C(CO)c2ccccc2)C3)cc1.[Br-]. The van der Waals surface area contributed by atoms with Crippen LogP contribution >= 0.6 is 0 Å². The topological polar surface area (TPSA) is 46.5 Å². The van der Waals surface area contributed by atoms with Crippen molar-refractivity contribution < 1.29 is 36.1 Å². The summed E-state index contributed by atoms with van der Waals surface area (Å²) in [6.45, 7) is 3.02. The molecule has 0 aromatic heterocycles. The van der Waals surface area contributed by atoms with E-state index in [1.807, 2.05) is 30.3 Å². The molecule has 168 valence electrons. The Balaban J connectivity index is 0.00000272. The van der Waals surface area contributed by atoms with E-state index in [1.165, 1.54) is 24.0 Å². The zero-order chi connectivity index (χ0) is 21.1. The molecule has 0 spiro atoms. The number of carbonyl (C=O) groups is 1. The minimum atomic E-state index is -0.594. The number of aliphatic hydroxyl groups is 1. The van der Waals surface area contributed by atoms with Gasteiger partial charge in [-0.25, -0.2) is 0 Å². The fraction of sp³-hybridized carbons (Fsp3) is 0.500. The van der Waals surface area contributed by atoms with Gasteiger partial charge in [-0.05, 0) is 17.5 Å². The molecule has 3 unspecified atom stereocenters. The molecule has 2 bridgehead atoms. The van der Waals surface area contributed by atoms with Crippen molar-refractivity contribution in [3.63, 3.8) is 0 Å². The third-order valence-corrected chi connectivity index (χ3v) is 7.48. The molecule has 0 radical (unpaired) electrons. The summed E-state index contributed by atoms with van der Waals surface area (Å²) in [4.78, 5) is 12.8. The van der Waals surface area contributed by atoms with Crippen LogP contribution in [0.2, 0.25) is 0 Å². The van der Waals surface area contributed by atoms with Crippen LogP contribution in [0.5, 0.6) is 0 Å². The number of aliphatic hydroxyl groups excluding tert-OH is 1. The minimum absolute atomic E-state index is 0. The maximum Gasteiger partial charge on any atom is 0.316 e. The Labute approximate surface area is 196 Å². The third kappa shape index (κ3) is 5.05. The molecule has 31 heavy (non-hydrogen) atoms. The molecule has 5 heteroatoms. The molecule has 4 nitrogen and oxygen atoms in total. The molecule has 0 amide bonds. The van der Waals surface area contributed by atoms with E-state index in [4.69, 9.17) is 4.74 Å². The number of halogens is 1. The van der Waals surface area contributed by atoms with Gasteiger partial charge in [0.2, 0.25) is 0 Å². The summed E-state index contributed by atoms with van der Waals surface area (Å²) in [6, 6.07) is 19.6. The smallest absolute Gasteiger partial charge is 0.316 e. The summed E-state index contributed by atoms with van der Waals surface area (Å²) >= 11 is 0. The lowest BCUT2D eigenvalue weighted by atomic mass is 9.94. The quantitative estimate of drug-likeness (QED) is 0.471. The Kier molecular flexibility index (Phi) is 7.95. The number of benzene rings is 2. The van der Waals surface area contributed by atoms with Crippen molar-refractivity contribution in [1.82, 2.24) is 0 Å². The van der Waals surface area contributed by atoms with Crippen molar-refractivity contribution in [2.24, 2.45) is 0 Å². The molecule has 0 saturated carbocycles. The average Bonchev–Trinajstić information content (AvgIpc) is 2.92. The van der Waals surface area contributed by atoms with E-state index < -0.39 is 5.92 Å². The number of nitrogens with zero attached hydrogens (tertiary/aromatic N) is 1. The van der Waals surface area contributed by atoms with Crippen LogP contribution in [0.4, 0.5) is 0 Å². The number of esters is 1. The van der Waals surface area contributed by atoms with Crippen molar-refractivity contribution in [3.05, 3.63) is 71.3 Å². The predicted octanol–water partition coefficient (Wildman–Crippen LogP) is 1.21. The van der Waals surface area contributed by atoms with Crippen molar-refractivity contribution in [1.29, 1.82) is 0 Å². The molecule has 2 aromatic rings. The normalized spacial score (nSPS) is 27.9. The standard InChI is InChI=1S/C26H34NO3.BrH/c1-3-19-9-11-20(12-10-19)17-27(2)22-13-14-23(27)16-24(15-22)30-26(29)25(18-28)21-7-5-4-6-8-21;/h4-12,22-25,28H,3,13-18H2,1-2H3;1H/q+1;/p-1/t22-,23+,24?,25?,27?;. The molecule has 0 aliphatic carbocycles. The molecule has 1 N–H and O–H groups in total. The van der Waals surface area contributed by atoms with Gasteiger partial charge in [0.15, 0.2) is 0 Å². The van der Waals surface area contributed by atoms with E-state index in [-0.39, 0.29) is 35.7 Å². The van der Waals surface area contributed by atoms with Crippen LogP contribution in [0.15, 0.2) is 54.6 Å². The summed E-state index contributed by atoms with van der Waals surface area (Å²) in [7, 11) is 2.38. The zero-order valence-corrected chi connectivity index (χ0v) is 20.1. The van der Waals surface area contributed by atoms with Gasteiger partial charge in [-0.2, -0.15) is 0 Å². The van der Waals surface area contributed by atoms with Crippen molar-refractivity contribution in [2.45, 2.75) is 69.7 Å². The van der Waals surface area contributed by atoms with Crippen LogP contribution < -0.4 is 17.0 Å². The third-order valence-electron chi connectivity index (χ3n) is 7.48. The van der Waals surface area contributed by atoms with Crippen LogP contribution in [0.3, 0.4) is 0 Å². The fourth-order valence-corrected chi connectivity index (χ4v) is 5.57. The molecule has 2 aliphatic heterocycles. The fourth-order valence-electron chi connectivity index (χ4n) is 5.57. The van der Waals surface area contributed by atoms with Crippen LogP contribution in [0.1, 0.15) is 55.2 Å². The van der Waals surface area contributed by atoms with Gasteiger partial charge in [0.05, 0.1) is 25.7 Å². The maximum absolute atomic E-state index is 12.8. The van der Waals surface area contributed by atoms with E-state index >= 15 is 0 Å². The molecule has 2 fully saturated rings. The lowest BCUT2D eigenvalue weighted by Gasteiger charge is -2.47. The number of quaternary nitrogens is 1. The molecule has 4 rings (SSSR count). The monoisotopic (exact) mass is 487 g/mol. The summed E-state index contributed by atoms with van der Waals surface area (Å²) < 4.78 is 7.00. The van der Waals surface area contributed by atoms with Crippen LogP contribution in [0, 0.1) is 0 Å². The van der Waals surface area contributed by atoms with Crippen molar-refractivity contribution >= 4 is 5.97 Å². The van der Waals surface area contributed by atoms with Gasteiger partial charge in [-0.3, -0.25) is 4.79 Å². The van der Waals surface area contributed by atoms with Gasteiger partial charge < -0.3 is 31.3 Å². The van der Waals surface area contributed by atoms with Gasteiger partial charge in [0, 0.05) is 31.2 Å². The van der Waals surface area contributed by atoms with Gasteiger partial charge in [-0.15, -0.1) is 0 Å². The van der Waals surface area contributed by atoms with Gasteiger partial charge in [-0.1, -0.05) is 61.5 Å². The highest BCUT2D eigenvalue weighted by molar-refractivity contribution is 5.78. The first kappa shape index (κ1) is 24.0. The number of hydrogen-bond donors (Lipinski definition) is 1. The number of hydrogen-bond acceptors (Lipinski definition) is 3. The summed E-state index contributed by atoms with van der Waals surface area (Å²) in [5, 5.41) is 9.78. The van der Waals surface area contributed by atoms with E-state index in [0.717, 1.165) is 35.9 Å². The largest absolute Gasteiger partial charge is 1.00 e. The Bertz CT molecular complexity index is 841. The summed E-state index contributed by atoms with van der Waals surface area (Å²) in [5.41, 5.74) is 3.60. The number of carbonyl (C=O) groups excluding carboxylic acids is 1. The number of fused-ring (bicyclic) bond motifs is 2. The van der Waals surface area contributed by atoms with E-state index in [0.29, 0.717) is 12.1 Å². The maximum atomic E-state index is 12.8. The molecular formula is C26H34BrNO3. The zero-order valence-electron chi connectivity index (χ0n) is 18.5. The van der Waals surface area contributed by atoms with Gasteiger partial charge >= 0.3 is 5.97 Å². The second-order valence-electron chi connectivity index (χ2n) is 9.24. The highest BCUT2D eigenvalue weighted by Gasteiger charge is 2.52. The van der Waals surface area contributed by atoms with Crippen LogP contribution in [-0.4, -0.2) is 47.4 Å².